The lowest BCUT2D eigenvalue weighted by molar-refractivity contribution is -0.117. The summed E-state index contributed by atoms with van der Waals surface area (Å²) in [4.78, 5) is 23.3. The number of amides is 2. The molecule has 0 aliphatic heterocycles. The second kappa shape index (κ2) is 9.53. The number of anilines is 1. The van der Waals surface area contributed by atoms with Gasteiger partial charge in [-0.15, -0.1) is 0 Å². The number of aryl methyl sites for hydroxylation is 1. The Morgan fingerprint density at radius 3 is 2.34 bits per heavy atom. The van der Waals surface area contributed by atoms with E-state index >= 15 is 0 Å². The van der Waals surface area contributed by atoms with Crippen LogP contribution in [0.3, 0.4) is 0 Å². The Kier molecular flexibility index (Phi) is 7.35. The minimum Gasteiger partial charge on any atom is -0.494 e. The van der Waals surface area contributed by atoms with Gasteiger partial charge in [-0.05, 0) is 55.3 Å². The summed E-state index contributed by atoms with van der Waals surface area (Å²) in [5.41, 5.74) is 7.05. The molecule has 2 aromatic rings. The zero-order valence-electron chi connectivity index (χ0n) is 16.6. The van der Waals surface area contributed by atoms with E-state index in [1.807, 2.05) is 6.92 Å². The van der Waals surface area contributed by atoms with E-state index in [1.165, 1.54) is 19.2 Å². The topological polar surface area (TPSA) is 119 Å². The zero-order chi connectivity index (χ0) is 21.6. The number of nitrogens with two attached hydrogens (primary N) is 1. The van der Waals surface area contributed by atoms with Crippen molar-refractivity contribution in [3.63, 3.8) is 0 Å². The van der Waals surface area contributed by atoms with E-state index < -0.39 is 21.8 Å². The molecule has 0 fully saturated rings. The predicted octanol–water partition coefficient (Wildman–Crippen LogP) is 1.68. The molecule has 2 aromatic carbocycles. The third kappa shape index (κ3) is 6.03. The summed E-state index contributed by atoms with van der Waals surface area (Å²) in [5, 5.41) is 2.63. The Bertz CT molecular complexity index is 988. The van der Waals surface area contributed by atoms with Crippen LogP contribution in [0.2, 0.25) is 0 Å². The van der Waals surface area contributed by atoms with Gasteiger partial charge in [-0.1, -0.05) is 12.1 Å². The maximum Gasteiger partial charge on any atom is 0.243 e. The minimum absolute atomic E-state index is 0.0876. The fraction of sp³-hybridized carbons (Fsp3) is 0.300. The van der Waals surface area contributed by atoms with Crippen LogP contribution in [0.15, 0.2) is 47.4 Å². The van der Waals surface area contributed by atoms with Crippen molar-refractivity contribution in [1.82, 2.24) is 4.31 Å². The number of nitrogens with zero attached hydrogens (tertiary/aromatic N) is 1. The Labute approximate surface area is 170 Å². The van der Waals surface area contributed by atoms with Gasteiger partial charge < -0.3 is 15.8 Å². The maximum atomic E-state index is 12.8. The van der Waals surface area contributed by atoms with Gasteiger partial charge in [0.2, 0.25) is 21.8 Å². The molecule has 3 N–H and O–H groups in total. The highest BCUT2D eigenvalue weighted by molar-refractivity contribution is 7.89. The largest absolute Gasteiger partial charge is 0.494 e. The molecule has 0 atom stereocenters. The number of nitrogens with one attached hydrogen (secondary N) is 1. The molecule has 0 bridgehead atoms. The van der Waals surface area contributed by atoms with E-state index in [9.17, 15) is 18.0 Å². The van der Waals surface area contributed by atoms with Gasteiger partial charge in [-0.25, -0.2) is 8.42 Å². The van der Waals surface area contributed by atoms with Crippen LogP contribution in [-0.4, -0.2) is 44.7 Å². The van der Waals surface area contributed by atoms with Gasteiger partial charge >= 0.3 is 0 Å². The van der Waals surface area contributed by atoms with Crippen LogP contribution >= 0.6 is 0 Å². The molecule has 9 heteroatoms. The first-order valence-electron chi connectivity index (χ1n) is 9.00. The Hall–Kier alpha value is -2.91. The van der Waals surface area contributed by atoms with Crippen molar-refractivity contribution < 1.29 is 22.7 Å². The van der Waals surface area contributed by atoms with Crippen molar-refractivity contribution in [1.29, 1.82) is 0 Å². The fourth-order valence-corrected chi connectivity index (χ4v) is 3.89. The van der Waals surface area contributed by atoms with E-state index in [4.69, 9.17) is 10.5 Å². The quantitative estimate of drug-likeness (QED) is 0.641. The molecule has 0 aliphatic rings. The summed E-state index contributed by atoms with van der Waals surface area (Å²) in [5.74, 6) is -0.314. The lowest BCUT2D eigenvalue weighted by Crippen LogP contribution is -2.35. The molecule has 0 heterocycles. The molecule has 156 valence electrons. The SMILES string of the molecule is CCOc1ccc(S(=O)(=O)N(C)CC(=O)Nc2ccc(CC(N)=O)cc2)cc1C. The van der Waals surface area contributed by atoms with Gasteiger partial charge in [0.25, 0.3) is 0 Å². The Morgan fingerprint density at radius 1 is 1.14 bits per heavy atom. The fourth-order valence-electron chi connectivity index (χ4n) is 2.67. The highest BCUT2D eigenvalue weighted by Gasteiger charge is 2.23. The molecule has 0 radical (unpaired) electrons. The molecule has 0 aliphatic carbocycles. The lowest BCUT2D eigenvalue weighted by atomic mass is 10.1. The number of sulfonamides is 1. The zero-order valence-corrected chi connectivity index (χ0v) is 17.5. The molecule has 2 amide bonds. The van der Waals surface area contributed by atoms with Crippen LogP contribution in [0.1, 0.15) is 18.1 Å². The second-order valence-electron chi connectivity index (χ2n) is 6.51. The van der Waals surface area contributed by atoms with Gasteiger partial charge in [0.05, 0.1) is 24.5 Å². The van der Waals surface area contributed by atoms with E-state index in [1.54, 1.807) is 37.3 Å². The number of likely N-dealkylation sites (N-methyl/N-ethyl adjacent to an activating group) is 1. The van der Waals surface area contributed by atoms with Crippen LogP contribution in [0.25, 0.3) is 0 Å². The number of carbonyl (C=O) groups is 2. The molecule has 0 spiro atoms. The van der Waals surface area contributed by atoms with E-state index in [0.717, 1.165) is 9.87 Å². The summed E-state index contributed by atoms with van der Waals surface area (Å²) in [6, 6.07) is 11.2. The van der Waals surface area contributed by atoms with Crippen LogP contribution in [0, 0.1) is 6.92 Å². The van der Waals surface area contributed by atoms with Crippen LogP contribution in [-0.2, 0) is 26.0 Å². The summed E-state index contributed by atoms with van der Waals surface area (Å²) in [6.07, 6.45) is 0.108. The average molecular weight is 420 g/mol. The first-order valence-corrected chi connectivity index (χ1v) is 10.4. The van der Waals surface area contributed by atoms with Crippen LogP contribution in [0.5, 0.6) is 5.75 Å². The predicted molar refractivity (Wildman–Crippen MR) is 110 cm³/mol. The average Bonchev–Trinajstić information content (AvgIpc) is 2.64. The lowest BCUT2D eigenvalue weighted by Gasteiger charge is -2.18. The molecule has 0 saturated heterocycles. The molecular formula is C20H25N3O5S. The summed E-state index contributed by atoms with van der Waals surface area (Å²) in [7, 11) is -2.49. The third-order valence-electron chi connectivity index (χ3n) is 4.14. The normalized spacial score (nSPS) is 11.3. The third-order valence-corrected chi connectivity index (χ3v) is 5.94. The van der Waals surface area contributed by atoms with Crippen molar-refractivity contribution in [3.8, 4) is 5.75 Å². The number of rotatable bonds is 9. The number of ether oxygens (including phenoxy) is 1. The first kappa shape index (κ1) is 22.4. The molecule has 0 unspecified atom stereocenters. The van der Waals surface area contributed by atoms with Gasteiger partial charge in [0.1, 0.15) is 5.75 Å². The molecule has 29 heavy (non-hydrogen) atoms. The number of benzene rings is 2. The standard InChI is InChI=1S/C20H25N3O5S/c1-4-28-18-10-9-17(11-14(18)2)29(26,27)23(3)13-20(25)22-16-7-5-15(6-8-16)12-19(21)24/h5-11H,4,12-13H2,1-3H3,(H2,21,24)(H,22,25). The number of hydrogen-bond acceptors (Lipinski definition) is 5. The summed E-state index contributed by atoms with van der Waals surface area (Å²) < 4.78 is 31.9. The number of hydrogen-bond donors (Lipinski definition) is 2. The molecule has 2 rings (SSSR count). The van der Waals surface area contributed by atoms with Crippen molar-refractivity contribution in [2.45, 2.75) is 25.2 Å². The van der Waals surface area contributed by atoms with E-state index in [0.29, 0.717) is 23.6 Å². The van der Waals surface area contributed by atoms with Gasteiger partial charge in [0, 0.05) is 12.7 Å². The number of carbonyl (C=O) groups excluding carboxylic acids is 2. The monoisotopic (exact) mass is 419 g/mol. The van der Waals surface area contributed by atoms with Gasteiger partial charge in [0.15, 0.2) is 0 Å². The molecule has 0 saturated carbocycles. The number of primary amides is 1. The second-order valence-corrected chi connectivity index (χ2v) is 8.55. The highest BCUT2D eigenvalue weighted by atomic mass is 32.2. The van der Waals surface area contributed by atoms with E-state index in [-0.39, 0.29) is 17.9 Å². The summed E-state index contributed by atoms with van der Waals surface area (Å²) in [6.45, 7) is 3.74. The van der Waals surface area contributed by atoms with Crippen LogP contribution in [0.4, 0.5) is 5.69 Å². The Balaban J connectivity index is 2.04. The first-order chi connectivity index (χ1) is 13.6. The molecule has 8 nitrogen and oxygen atoms in total. The minimum atomic E-state index is -3.84. The van der Waals surface area contributed by atoms with Crippen molar-refractivity contribution in [2.75, 3.05) is 25.5 Å². The highest BCUT2D eigenvalue weighted by Crippen LogP contribution is 2.23. The molecular weight excluding hydrogens is 394 g/mol. The van der Waals surface area contributed by atoms with Gasteiger partial charge in [-0.2, -0.15) is 4.31 Å². The Morgan fingerprint density at radius 2 is 1.79 bits per heavy atom. The molecule has 0 aromatic heterocycles. The van der Waals surface area contributed by atoms with Crippen molar-refractivity contribution in [2.24, 2.45) is 5.73 Å². The van der Waals surface area contributed by atoms with Gasteiger partial charge in [-0.3, -0.25) is 9.59 Å². The summed E-state index contributed by atoms with van der Waals surface area (Å²) >= 11 is 0. The van der Waals surface area contributed by atoms with Crippen LogP contribution < -0.4 is 15.8 Å². The van der Waals surface area contributed by atoms with Crippen molar-refractivity contribution >= 4 is 27.5 Å². The smallest absolute Gasteiger partial charge is 0.243 e. The van der Waals surface area contributed by atoms with E-state index in [2.05, 4.69) is 5.32 Å². The van der Waals surface area contributed by atoms with Crippen molar-refractivity contribution in [3.05, 3.63) is 53.6 Å². The maximum absolute atomic E-state index is 12.8.